The van der Waals surface area contributed by atoms with Crippen molar-refractivity contribution >= 4 is 39.1 Å². The van der Waals surface area contributed by atoms with Crippen LogP contribution in [0.5, 0.6) is 0 Å². The average molecular weight is 221 g/mol. The molecule has 0 radical (unpaired) electrons. The molecule has 4 heteroatoms. The Balaban J connectivity index is 3.05. The Hall–Kier alpha value is -0.410. The predicted molar refractivity (Wildman–Crippen MR) is 41.0 cm³/mol. The molecule has 2 nitrogen and oxygen atoms in total. The molecule has 0 heterocycles. The van der Waals surface area contributed by atoms with E-state index in [4.69, 9.17) is 11.6 Å². The fourth-order valence-corrected chi connectivity index (χ4v) is 1.30. The predicted octanol–water partition coefficient (Wildman–Crippen LogP) is 1.54. The number of hydrogen-bond acceptors (Lipinski definition) is 2. The van der Waals surface area contributed by atoms with Gasteiger partial charge in [0.05, 0.1) is 9.51 Å². The van der Waals surface area contributed by atoms with Crippen LogP contribution in [0.1, 0.15) is 0 Å². The summed E-state index contributed by atoms with van der Waals surface area (Å²) in [6.45, 7) is 0. The first-order valence-corrected chi connectivity index (χ1v) is 3.61. The summed E-state index contributed by atoms with van der Waals surface area (Å²) in [7, 11) is 0. The summed E-state index contributed by atoms with van der Waals surface area (Å²) in [5.74, 6) is -0.613. The van der Waals surface area contributed by atoms with Gasteiger partial charge in [-0.15, -0.1) is 0 Å². The third-order valence-corrected chi connectivity index (χ3v) is 1.84. The first kappa shape index (κ1) is 7.69. The average Bonchev–Trinajstić information content (AvgIpc) is 1.82. The number of hydrogen-bond donors (Lipinski definition) is 0. The van der Waals surface area contributed by atoms with Gasteiger partial charge in [0.2, 0.25) is 5.78 Å². The fourth-order valence-electron chi connectivity index (χ4n) is 0.537. The Morgan fingerprint density at radius 2 is 1.90 bits per heavy atom. The topological polar surface area (TPSA) is 34.1 Å². The molecule has 0 N–H and O–H groups in total. The first-order chi connectivity index (χ1) is 4.61. The number of carbonyl (C=O) groups is 2. The third kappa shape index (κ3) is 1.36. The molecule has 1 aliphatic rings. The lowest BCUT2D eigenvalue weighted by Crippen LogP contribution is -2.06. The molecule has 10 heavy (non-hydrogen) atoms. The van der Waals surface area contributed by atoms with E-state index < -0.39 is 0 Å². The van der Waals surface area contributed by atoms with E-state index in [-0.39, 0.29) is 21.1 Å². The summed E-state index contributed by atoms with van der Waals surface area (Å²) in [6.07, 6.45) is 2.28. The van der Waals surface area contributed by atoms with Crippen LogP contribution in [0.2, 0.25) is 0 Å². The van der Waals surface area contributed by atoms with Gasteiger partial charge in [-0.3, -0.25) is 9.59 Å². The van der Waals surface area contributed by atoms with E-state index in [1.807, 2.05) is 0 Å². The van der Waals surface area contributed by atoms with Crippen LogP contribution in [-0.2, 0) is 9.59 Å². The molecule has 0 amide bonds. The van der Waals surface area contributed by atoms with Gasteiger partial charge in [-0.25, -0.2) is 0 Å². The number of Topliss-reactive ketones (excluding diaryl/α,β-unsaturated/α-hetero) is 1. The standard InChI is InChI=1S/C6H2BrClO2/c7-4-1-3(9)2-5(8)6(4)10/h1-2H. The molecular formula is C6H2BrClO2. The summed E-state index contributed by atoms with van der Waals surface area (Å²) >= 11 is 8.28. The minimum atomic E-state index is -0.346. The van der Waals surface area contributed by atoms with Gasteiger partial charge in [0.15, 0.2) is 5.78 Å². The Kier molecular flexibility index (Phi) is 2.06. The minimum Gasteiger partial charge on any atom is -0.290 e. The molecule has 0 saturated heterocycles. The number of carbonyl (C=O) groups excluding carboxylic acids is 2. The van der Waals surface area contributed by atoms with Gasteiger partial charge >= 0.3 is 0 Å². The molecule has 0 saturated carbocycles. The molecule has 0 spiro atoms. The zero-order chi connectivity index (χ0) is 7.72. The zero-order valence-electron chi connectivity index (χ0n) is 4.73. The van der Waals surface area contributed by atoms with Crippen molar-refractivity contribution in [3.8, 4) is 0 Å². The molecule has 0 aliphatic heterocycles. The maximum atomic E-state index is 10.8. The maximum Gasteiger partial charge on any atom is 0.211 e. The van der Waals surface area contributed by atoms with Crippen molar-refractivity contribution in [1.82, 2.24) is 0 Å². The number of rotatable bonds is 0. The Labute approximate surface area is 70.7 Å². The molecule has 0 aromatic carbocycles. The lowest BCUT2D eigenvalue weighted by molar-refractivity contribution is -0.114. The van der Waals surface area contributed by atoms with E-state index >= 15 is 0 Å². The van der Waals surface area contributed by atoms with Gasteiger partial charge in [0, 0.05) is 12.2 Å². The van der Waals surface area contributed by atoms with E-state index in [0.29, 0.717) is 0 Å². The third-order valence-electron chi connectivity index (χ3n) is 0.972. The number of halogens is 2. The van der Waals surface area contributed by atoms with Crippen molar-refractivity contribution in [3.63, 3.8) is 0 Å². The lowest BCUT2D eigenvalue weighted by Gasteiger charge is -2.00. The van der Waals surface area contributed by atoms with Crippen LogP contribution in [0.4, 0.5) is 0 Å². The fraction of sp³-hybridized carbons (Fsp3) is 0. The molecule has 1 rings (SSSR count). The molecule has 1 aliphatic carbocycles. The molecule has 0 aromatic heterocycles. The highest BCUT2D eigenvalue weighted by molar-refractivity contribution is 9.12. The maximum absolute atomic E-state index is 10.8. The SMILES string of the molecule is O=C1C=C(Cl)C(=O)C(Br)=C1. The van der Waals surface area contributed by atoms with Crippen molar-refractivity contribution in [2.24, 2.45) is 0 Å². The summed E-state index contributed by atoms with van der Waals surface area (Å²) in [5, 5.41) is -0.0422. The van der Waals surface area contributed by atoms with Gasteiger partial charge in [0.25, 0.3) is 0 Å². The normalized spacial score (nSPS) is 18.6. The monoisotopic (exact) mass is 220 g/mol. The van der Waals surface area contributed by atoms with E-state index in [1.165, 1.54) is 6.08 Å². The van der Waals surface area contributed by atoms with Crippen LogP contribution in [0.15, 0.2) is 21.7 Å². The minimum absolute atomic E-state index is 0.0422. The van der Waals surface area contributed by atoms with E-state index in [2.05, 4.69) is 15.9 Å². The second-order valence-corrected chi connectivity index (χ2v) is 2.98. The van der Waals surface area contributed by atoms with Crippen molar-refractivity contribution in [2.75, 3.05) is 0 Å². The summed E-state index contributed by atoms with van der Waals surface area (Å²) in [5.41, 5.74) is 0. The zero-order valence-corrected chi connectivity index (χ0v) is 7.07. The van der Waals surface area contributed by atoms with Gasteiger partial charge in [-0.05, 0) is 15.9 Å². The largest absolute Gasteiger partial charge is 0.290 e. The van der Waals surface area contributed by atoms with Crippen LogP contribution in [0.25, 0.3) is 0 Å². The Bertz CT molecular complexity index is 241. The van der Waals surface area contributed by atoms with Gasteiger partial charge in [-0.2, -0.15) is 0 Å². The molecular weight excluding hydrogens is 219 g/mol. The number of allylic oxidation sites excluding steroid dienone is 4. The van der Waals surface area contributed by atoms with Gasteiger partial charge in [-0.1, -0.05) is 11.6 Å². The molecule has 0 atom stereocenters. The van der Waals surface area contributed by atoms with Crippen LogP contribution in [-0.4, -0.2) is 11.6 Å². The molecule has 0 fully saturated rings. The van der Waals surface area contributed by atoms with Crippen LogP contribution in [0.3, 0.4) is 0 Å². The van der Waals surface area contributed by atoms with Crippen LogP contribution >= 0.6 is 27.5 Å². The van der Waals surface area contributed by atoms with Crippen molar-refractivity contribution in [3.05, 3.63) is 21.7 Å². The summed E-state index contributed by atoms with van der Waals surface area (Å²) in [4.78, 5) is 21.4. The smallest absolute Gasteiger partial charge is 0.211 e. The van der Waals surface area contributed by atoms with Crippen molar-refractivity contribution in [1.29, 1.82) is 0 Å². The van der Waals surface area contributed by atoms with Crippen LogP contribution in [0, 0.1) is 0 Å². The highest BCUT2D eigenvalue weighted by Gasteiger charge is 2.17. The quantitative estimate of drug-likeness (QED) is 0.582. The molecule has 0 unspecified atom stereocenters. The van der Waals surface area contributed by atoms with E-state index in [0.717, 1.165) is 6.08 Å². The Morgan fingerprint density at radius 1 is 1.30 bits per heavy atom. The van der Waals surface area contributed by atoms with Gasteiger partial charge < -0.3 is 0 Å². The highest BCUT2D eigenvalue weighted by atomic mass is 79.9. The lowest BCUT2D eigenvalue weighted by atomic mass is 10.2. The second-order valence-electron chi connectivity index (χ2n) is 1.72. The number of ketones is 2. The summed E-state index contributed by atoms with van der Waals surface area (Å²) < 4.78 is 0.213. The van der Waals surface area contributed by atoms with Gasteiger partial charge in [0.1, 0.15) is 0 Å². The Morgan fingerprint density at radius 3 is 2.40 bits per heavy atom. The summed E-state index contributed by atoms with van der Waals surface area (Å²) in [6, 6.07) is 0. The molecule has 0 bridgehead atoms. The molecule has 0 aromatic rings. The molecule has 52 valence electrons. The van der Waals surface area contributed by atoms with Crippen LogP contribution < -0.4 is 0 Å². The van der Waals surface area contributed by atoms with Crippen molar-refractivity contribution < 1.29 is 9.59 Å². The van der Waals surface area contributed by atoms with E-state index in [1.54, 1.807) is 0 Å². The van der Waals surface area contributed by atoms with Crippen molar-refractivity contribution in [2.45, 2.75) is 0 Å². The van der Waals surface area contributed by atoms with E-state index in [9.17, 15) is 9.59 Å². The first-order valence-electron chi connectivity index (χ1n) is 2.44. The highest BCUT2D eigenvalue weighted by Crippen LogP contribution is 2.19. The second kappa shape index (κ2) is 2.68.